The smallest absolute Gasteiger partial charge is 0.187 e. The summed E-state index contributed by atoms with van der Waals surface area (Å²) in [6.45, 7) is 8.21. The molecular weight excluding hydrogens is 116 g/mol. The third-order valence-electron chi connectivity index (χ3n) is 0.937. The van der Waals surface area contributed by atoms with Crippen LogP contribution in [0.25, 0.3) is 0 Å². The summed E-state index contributed by atoms with van der Waals surface area (Å²) in [5.74, 6) is -0.400. The number of carbonyl (C=O) groups excluding carboxylic acids is 1. The Bertz CT molecular complexity index is 147. The van der Waals surface area contributed by atoms with Crippen molar-refractivity contribution in [2.75, 3.05) is 0 Å². The highest BCUT2D eigenvalue weighted by Crippen LogP contribution is 1.98. The number of aliphatic hydroxyl groups excluding tert-OH is 1. The molecule has 1 atom stereocenters. The van der Waals surface area contributed by atoms with Crippen molar-refractivity contribution in [2.45, 2.75) is 13.0 Å². The molecule has 1 unspecified atom stereocenters. The molecule has 0 aromatic rings. The van der Waals surface area contributed by atoms with E-state index in [1.165, 1.54) is 0 Å². The van der Waals surface area contributed by atoms with Gasteiger partial charge in [-0.15, -0.1) is 0 Å². The van der Waals surface area contributed by atoms with E-state index in [1.54, 1.807) is 6.92 Å². The molecule has 0 aromatic carbocycles. The minimum Gasteiger partial charge on any atom is -0.381 e. The van der Waals surface area contributed by atoms with Gasteiger partial charge in [-0.2, -0.15) is 0 Å². The molecule has 1 N–H and O–H groups in total. The number of hydrogen-bond donors (Lipinski definition) is 1. The summed E-state index contributed by atoms with van der Waals surface area (Å²) in [5.41, 5.74) is 0.444. The molecule has 0 saturated carbocycles. The highest BCUT2D eigenvalue weighted by Gasteiger charge is 2.10. The van der Waals surface area contributed by atoms with Crippen LogP contribution < -0.4 is 0 Å². The SMILES string of the molecule is C=CC(=O)C(O)C(=C)C. The second-order valence-corrected chi connectivity index (χ2v) is 1.86. The molecule has 0 amide bonds. The van der Waals surface area contributed by atoms with Crippen molar-refractivity contribution < 1.29 is 9.90 Å². The number of aliphatic hydroxyl groups is 1. The van der Waals surface area contributed by atoms with Crippen LogP contribution in [-0.2, 0) is 4.79 Å². The van der Waals surface area contributed by atoms with Gasteiger partial charge in [0.25, 0.3) is 0 Å². The van der Waals surface area contributed by atoms with Crippen LogP contribution in [0, 0.1) is 0 Å². The highest BCUT2D eigenvalue weighted by atomic mass is 16.3. The van der Waals surface area contributed by atoms with E-state index in [-0.39, 0.29) is 0 Å². The molecule has 0 saturated heterocycles. The average Bonchev–Trinajstić information content (AvgIpc) is 1.84. The van der Waals surface area contributed by atoms with Crippen molar-refractivity contribution in [1.29, 1.82) is 0 Å². The van der Waals surface area contributed by atoms with Crippen LogP contribution in [0.2, 0.25) is 0 Å². The fourth-order valence-electron chi connectivity index (χ4n) is 0.354. The van der Waals surface area contributed by atoms with E-state index < -0.39 is 11.9 Å². The Hall–Kier alpha value is -0.890. The summed E-state index contributed by atoms with van der Waals surface area (Å²) in [6, 6.07) is 0. The fraction of sp³-hybridized carbons (Fsp3) is 0.286. The molecule has 0 aromatic heterocycles. The zero-order valence-electron chi connectivity index (χ0n) is 5.42. The predicted octanol–water partition coefficient (Wildman–Crippen LogP) is 0.679. The van der Waals surface area contributed by atoms with E-state index in [0.29, 0.717) is 5.57 Å². The molecule has 0 bridgehead atoms. The fourth-order valence-corrected chi connectivity index (χ4v) is 0.354. The molecule has 0 spiro atoms. The van der Waals surface area contributed by atoms with Gasteiger partial charge >= 0.3 is 0 Å². The number of rotatable bonds is 3. The Balaban J connectivity index is 4.03. The first-order valence-electron chi connectivity index (χ1n) is 2.59. The zero-order chi connectivity index (χ0) is 7.44. The third-order valence-corrected chi connectivity index (χ3v) is 0.937. The minimum atomic E-state index is -1.07. The maximum atomic E-state index is 10.5. The van der Waals surface area contributed by atoms with Crippen molar-refractivity contribution >= 4 is 5.78 Å². The lowest BCUT2D eigenvalue weighted by Gasteiger charge is -2.03. The van der Waals surface area contributed by atoms with E-state index >= 15 is 0 Å². The van der Waals surface area contributed by atoms with Crippen LogP contribution in [0.15, 0.2) is 24.8 Å². The second-order valence-electron chi connectivity index (χ2n) is 1.86. The van der Waals surface area contributed by atoms with Crippen LogP contribution in [-0.4, -0.2) is 17.0 Å². The van der Waals surface area contributed by atoms with E-state index in [9.17, 15) is 4.79 Å². The van der Waals surface area contributed by atoms with Crippen LogP contribution in [0.4, 0.5) is 0 Å². The monoisotopic (exact) mass is 126 g/mol. The van der Waals surface area contributed by atoms with Gasteiger partial charge < -0.3 is 5.11 Å². The lowest BCUT2D eigenvalue weighted by molar-refractivity contribution is -0.120. The van der Waals surface area contributed by atoms with Crippen LogP contribution in [0.3, 0.4) is 0 Å². The normalized spacial score (nSPS) is 12.2. The Morgan fingerprint density at radius 1 is 1.78 bits per heavy atom. The third kappa shape index (κ3) is 2.24. The number of ketones is 1. The Morgan fingerprint density at radius 2 is 2.22 bits per heavy atom. The van der Waals surface area contributed by atoms with Gasteiger partial charge in [-0.05, 0) is 18.6 Å². The molecule has 0 aliphatic heterocycles. The lowest BCUT2D eigenvalue weighted by atomic mass is 10.1. The molecule has 0 rings (SSSR count). The molecule has 50 valence electrons. The summed E-state index contributed by atoms with van der Waals surface area (Å²) >= 11 is 0. The number of hydrogen-bond acceptors (Lipinski definition) is 2. The van der Waals surface area contributed by atoms with Gasteiger partial charge in [0, 0.05) is 0 Å². The van der Waals surface area contributed by atoms with E-state index in [0.717, 1.165) is 6.08 Å². The standard InChI is InChI=1S/C7H10O2/c1-4-6(8)7(9)5(2)3/h4,7,9H,1-2H2,3H3. The van der Waals surface area contributed by atoms with Gasteiger partial charge in [-0.25, -0.2) is 0 Å². The molecule has 2 heteroatoms. The Morgan fingerprint density at radius 3 is 2.33 bits per heavy atom. The van der Waals surface area contributed by atoms with Crippen LogP contribution in [0.1, 0.15) is 6.92 Å². The average molecular weight is 126 g/mol. The highest BCUT2D eigenvalue weighted by molar-refractivity contribution is 5.94. The van der Waals surface area contributed by atoms with Gasteiger partial charge in [0.15, 0.2) is 5.78 Å². The topological polar surface area (TPSA) is 37.3 Å². The van der Waals surface area contributed by atoms with Gasteiger partial charge in [-0.1, -0.05) is 13.2 Å². The van der Waals surface area contributed by atoms with Gasteiger partial charge in [0.2, 0.25) is 0 Å². The minimum absolute atomic E-state index is 0.400. The maximum Gasteiger partial charge on any atom is 0.187 e. The van der Waals surface area contributed by atoms with E-state index in [4.69, 9.17) is 5.11 Å². The lowest BCUT2D eigenvalue weighted by Crippen LogP contribution is -2.18. The van der Waals surface area contributed by atoms with Crippen molar-refractivity contribution in [2.24, 2.45) is 0 Å². The zero-order valence-corrected chi connectivity index (χ0v) is 5.42. The molecule has 0 heterocycles. The summed E-state index contributed by atoms with van der Waals surface area (Å²) in [7, 11) is 0. The quantitative estimate of drug-likeness (QED) is 0.446. The summed E-state index contributed by atoms with van der Waals surface area (Å²) in [6.07, 6.45) is 0.0156. The molecule has 0 fully saturated rings. The molecule has 0 radical (unpaired) electrons. The largest absolute Gasteiger partial charge is 0.381 e. The van der Waals surface area contributed by atoms with Crippen LogP contribution >= 0.6 is 0 Å². The first kappa shape index (κ1) is 8.11. The van der Waals surface area contributed by atoms with E-state index in [2.05, 4.69) is 13.2 Å². The van der Waals surface area contributed by atoms with Gasteiger partial charge in [0.1, 0.15) is 6.10 Å². The van der Waals surface area contributed by atoms with Crippen molar-refractivity contribution in [3.63, 3.8) is 0 Å². The molecule has 0 aliphatic carbocycles. The number of carbonyl (C=O) groups is 1. The predicted molar refractivity (Wildman–Crippen MR) is 36.0 cm³/mol. The van der Waals surface area contributed by atoms with Crippen molar-refractivity contribution in [3.05, 3.63) is 24.8 Å². The van der Waals surface area contributed by atoms with Gasteiger partial charge in [0.05, 0.1) is 0 Å². The summed E-state index contributed by atoms with van der Waals surface area (Å²) in [4.78, 5) is 10.5. The first-order valence-corrected chi connectivity index (χ1v) is 2.59. The molecule has 0 aliphatic rings. The molecular formula is C7H10O2. The van der Waals surface area contributed by atoms with Gasteiger partial charge in [-0.3, -0.25) is 4.79 Å². The van der Waals surface area contributed by atoms with Crippen molar-refractivity contribution in [3.8, 4) is 0 Å². The first-order chi connectivity index (χ1) is 4.09. The maximum absolute atomic E-state index is 10.5. The summed E-state index contributed by atoms with van der Waals surface area (Å²) in [5, 5.41) is 8.87. The Kier molecular flexibility index (Phi) is 2.88. The molecule has 9 heavy (non-hydrogen) atoms. The second kappa shape index (κ2) is 3.20. The van der Waals surface area contributed by atoms with Crippen molar-refractivity contribution in [1.82, 2.24) is 0 Å². The molecule has 2 nitrogen and oxygen atoms in total. The summed E-state index contributed by atoms with van der Waals surface area (Å²) < 4.78 is 0. The Labute approximate surface area is 54.5 Å². The van der Waals surface area contributed by atoms with Crippen LogP contribution in [0.5, 0.6) is 0 Å². The van der Waals surface area contributed by atoms with E-state index in [1.807, 2.05) is 0 Å².